The van der Waals surface area contributed by atoms with E-state index in [1.165, 1.54) is 13.0 Å². The van der Waals surface area contributed by atoms with Gasteiger partial charge in [-0.2, -0.15) is 4.98 Å². The number of pyridine rings is 1. The monoisotopic (exact) mass is 301 g/mol. The van der Waals surface area contributed by atoms with Gasteiger partial charge in [-0.25, -0.2) is 4.98 Å². The summed E-state index contributed by atoms with van der Waals surface area (Å²) in [4.78, 5) is 13.8. The lowest BCUT2D eigenvalue weighted by molar-refractivity contribution is 0.294. The van der Waals surface area contributed by atoms with E-state index in [0.29, 0.717) is 11.7 Å². The number of hydrogen-bond donors (Lipinski definition) is 0. The predicted molar refractivity (Wildman–Crippen MR) is 85.8 cm³/mol. The molecule has 0 spiro atoms. The van der Waals surface area contributed by atoms with Crippen molar-refractivity contribution in [1.29, 1.82) is 0 Å². The molecule has 0 bridgehead atoms. The standard InChI is InChI=1S/C16H23N5O/c1-3-8-20-9-5-10-21(12-11-20)15-14(6-4-7-17-15)16-18-13(2)19-22-16/h4,6-7H,3,5,8-12H2,1-2H3. The summed E-state index contributed by atoms with van der Waals surface area (Å²) in [7, 11) is 0. The molecule has 6 heteroatoms. The molecule has 3 heterocycles. The van der Waals surface area contributed by atoms with Crippen molar-refractivity contribution in [3.8, 4) is 11.5 Å². The molecular formula is C16H23N5O. The molecule has 2 aromatic heterocycles. The van der Waals surface area contributed by atoms with Crippen LogP contribution in [0, 0.1) is 6.92 Å². The summed E-state index contributed by atoms with van der Waals surface area (Å²) in [6.07, 6.45) is 4.19. The molecule has 22 heavy (non-hydrogen) atoms. The number of anilines is 1. The molecule has 0 atom stereocenters. The lowest BCUT2D eigenvalue weighted by Gasteiger charge is -2.23. The Morgan fingerprint density at radius 2 is 2.14 bits per heavy atom. The zero-order chi connectivity index (χ0) is 15.4. The number of aromatic nitrogens is 3. The van der Waals surface area contributed by atoms with Crippen LogP contribution in [-0.2, 0) is 0 Å². The van der Waals surface area contributed by atoms with Crippen LogP contribution in [0.2, 0.25) is 0 Å². The largest absolute Gasteiger partial charge is 0.355 e. The van der Waals surface area contributed by atoms with Crippen LogP contribution < -0.4 is 4.90 Å². The summed E-state index contributed by atoms with van der Waals surface area (Å²) in [5.74, 6) is 2.15. The van der Waals surface area contributed by atoms with Gasteiger partial charge in [0.25, 0.3) is 5.89 Å². The Balaban J connectivity index is 1.83. The highest BCUT2D eigenvalue weighted by Gasteiger charge is 2.20. The second-order valence-corrected chi connectivity index (χ2v) is 5.70. The first-order valence-electron chi connectivity index (χ1n) is 8.01. The van der Waals surface area contributed by atoms with Crippen molar-refractivity contribution in [2.75, 3.05) is 37.6 Å². The maximum Gasteiger partial charge on any atom is 0.261 e. The fraction of sp³-hybridized carbons (Fsp3) is 0.562. The summed E-state index contributed by atoms with van der Waals surface area (Å²) in [6.45, 7) is 9.47. The van der Waals surface area contributed by atoms with Gasteiger partial charge in [0.2, 0.25) is 0 Å². The van der Waals surface area contributed by atoms with Crippen molar-refractivity contribution in [2.24, 2.45) is 0 Å². The van der Waals surface area contributed by atoms with Crippen molar-refractivity contribution in [1.82, 2.24) is 20.0 Å². The van der Waals surface area contributed by atoms with E-state index in [1.54, 1.807) is 0 Å². The van der Waals surface area contributed by atoms with Crippen LogP contribution in [0.25, 0.3) is 11.5 Å². The predicted octanol–water partition coefficient (Wildman–Crippen LogP) is 2.36. The Morgan fingerprint density at radius 3 is 2.91 bits per heavy atom. The maximum absolute atomic E-state index is 5.33. The molecule has 1 fully saturated rings. The molecule has 1 saturated heterocycles. The summed E-state index contributed by atoms with van der Waals surface area (Å²) in [6, 6.07) is 3.92. The zero-order valence-corrected chi connectivity index (χ0v) is 13.3. The summed E-state index contributed by atoms with van der Waals surface area (Å²) in [5.41, 5.74) is 0.923. The third-order valence-corrected chi connectivity index (χ3v) is 3.97. The topological polar surface area (TPSA) is 58.3 Å². The lowest BCUT2D eigenvalue weighted by atomic mass is 10.2. The van der Waals surface area contributed by atoms with Crippen LogP contribution in [0.3, 0.4) is 0 Å². The van der Waals surface area contributed by atoms with Crippen LogP contribution in [0.15, 0.2) is 22.9 Å². The van der Waals surface area contributed by atoms with Crippen molar-refractivity contribution in [3.05, 3.63) is 24.2 Å². The number of nitrogens with zero attached hydrogens (tertiary/aromatic N) is 5. The summed E-state index contributed by atoms with van der Waals surface area (Å²) >= 11 is 0. The maximum atomic E-state index is 5.33. The van der Waals surface area contributed by atoms with Gasteiger partial charge in [-0.15, -0.1) is 0 Å². The fourth-order valence-corrected chi connectivity index (χ4v) is 2.94. The Morgan fingerprint density at radius 1 is 1.23 bits per heavy atom. The van der Waals surface area contributed by atoms with Crippen LogP contribution >= 0.6 is 0 Å². The van der Waals surface area contributed by atoms with Gasteiger partial charge in [-0.05, 0) is 45.0 Å². The van der Waals surface area contributed by atoms with E-state index in [9.17, 15) is 0 Å². The Hall–Kier alpha value is -1.95. The highest BCUT2D eigenvalue weighted by molar-refractivity contribution is 5.69. The second-order valence-electron chi connectivity index (χ2n) is 5.70. The van der Waals surface area contributed by atoms with Crippen molar-refractivity contribution < 1.29 is 4.52 Å². The summed E-state index contributed by atoms with van der Waals surface area (Å²) in [5, 5.41) is 3.89. The molecule has 3 rings (SSSR count). The normalized spacial score (nSPS) is 16.7. The van der Waals surface area contributed by atoms with Crippen LogP contribution in [0.4, 0.5) is 5.82 Å². The molecule has 1 aliphatic heterocycles. The van der Waals surface area contributed by atoms with Gasteiger partial charge in [-0.3, -0.25) is 0 Å². The molecule has 118 valence electrons. The van der Waals surface area contributed by atoms with E-state index in [4.69, 9.17) is 4.52 Å². The molecular weight excluding hydrogens is 278 g/mol. The molecule has 2 aromatic rings. The quantitative estimate of drug-likeness (QED) is 0.864. The third-order valence-electron chi connectivity index (χ3n) is 3.97. The number of hydrogen-bond acceptors (Lipinski definition) is 6. The van der Waals surface area contributed by atoms with Gasteiger partial charge in [0.1, 0.15) is 5.82 Å². The van der Waals surface area contributed by atoms with Gasteiger partial charge in [0.05, 0.1) is 5.56 Å². The van der Waals surface area contributed by atoms with Crippen LogP contribution in [0.5, 0.6) is 0 Å². The minimum atomic E-state index is 0.551. The first kappa shape index (κ1) is 15.0. The minimum absolute atomic E-state index is 0.551. The van der Waals surface area contributed by atoms with Gasteiger partial charge >= 0.3 is 0 Å². The van der Waals surface area contributed by atoms with Crippen molar-refractivity contribution >= 4 is 5.82 Å². The molecule has 0 amide bonds. The molecule has 0 N–H and O–H groups in total. The second kappa shape index (κ2) is 6.87. The van der Waals surface area contributed by atoms with Gasteiger partial charge in [0.15, 0.2) is 5.82 Å². The van der Waals surface area contributed by atoms with Crippen molar-refractivity contribution in [3.63, 3.8) is 0 Å². The molecule has 0 aromatic carbocycles. The molecule has 0 aliphatic carbocycles. The summed E-state index contributed by atoms with van der Waals surface area (Å²) < 4.78 is 5.33. The van der Waals surface area contributed by atoms with Crippen molar-refractivity contribution in [2.45, 2.75) is 26.7 Å². The van der Waals surface area contributed by atoms with E-state index in [0.717, 1.165) is 44.0 Å². The first-order valence-corrected chi connectivity index (χ1v) is 8.01. The van der Waals surface area contributed by atoms with E-state index in [2.05, 4.69) is 31.8 Å². The molecule has 6 nitrogen and oxygen atoms in total. The number of rotatable bonds is 4. The molecule has 0 unspecified atom stereocenters. The average molecular weight is 301 g/mol. The van der Waals surface area contributed by atoms with Crippen LogP contribution in [-0.4, -0.2) is 52.7 Å². The fourth-order valence-electron chi connectivity index (χ4n) is 2.94. The smallest absolute Gasteiger partial charge is 0.261 e. The van der Waals surface area contributed by atoms with Gasteiger partial charge in [0, 0.05) is 25.8 Å². The van der Waals surface area contributed by atoms with Gasteiger partial charge in [-0.1, -0.05) is 12.1 Å². The van der Waals surface area contributed by atoms with E-state index >= 15 is 0 Å². The highest BCUT2D eigenvalue weighted by Crippen LogP contribution is 2.28. The first-order chi connectivity index (χ1) is 10.8. The van der Waals surface area contributed by atoms with E-state index in [-0.39, 0.29) is 0 Å². The lowest BCUT2D eigenvalue weighted by Crippen LogP contribution is -2.31. The highest BCUT2D eigenvalue weighted by atomic mass is 16.5. The Bertz CT molecular complexity index is 612. The number of aryl methyl sites for hydroxylation is 1. The molecule has 0 radical (unpaired) electrons. The Kier molecular flexibility index (Phi) is 4.68. The molecule has 0 saturated carbocycles. The van der Waals surface area contributed by atoms with Crippen LogP contribution in [0.1, 0.15) is 25.6 Å². The average Bonchev–Trinajstić information content (AvgIpc) is 2.83. The molecule has 1 aliphatic rings. The third kappa shape index (κ3) is 3.27. The SMILES string of the molecule is CCCN1CCCN(c2ncccc2-c2nc(C)no2)CC1. The zero-order valence-electron chi connectivity index (χ0n) is 13.3. The van der Waals surface area contributed by atoms with E-state index in [1.807, 2.05) is 25.3 Å². The minimum Gasteiger partial charge on any atom is -0.355 e. The van der Waals surface area contributed by atoms with Gasteiger partial charge < -0.3 is 14.3 Å². The Labute approximate surface area is 131 Å². The van der Waals surface area contributed by atoms with E-state index < -0.39 is 0 Å².